The smallest absolute Gasteiger partial charge is 0.276 e. The van der Waals surface area contributed by atoms with E-state index in [1.165, 1.54) is 0 Å². The fourth-order valence-electron chi connectivity index (χ4n) is 2.64. The summed E-state index contributed by atoms with van der Waals surface area (Å²) in [6.07, 6.45) is 4.44. The van der Waals surface area contributed by atoms with Crippen LogP contribution in [-0.2, 0) is 7.05 Å². The Morgan fingerprint density at radius 1 is 1.40 bits per heavy atom. The van der Waals surface area contributed by atoms with E-state index in [-0.39, 0.29) is 6.04 Å². The molecule has 0 aliphatic carbocycles. The molecule has 1 N–H and O–H groups in total. The van der Waals surface area contributed by atoms with E-state index in [0.29, 0.717) is 5.89 Å². The SMILES string of the molecule is CCC(c1noc(-c2cncn2C)n1)N1CCNCC1. The lowest BCUT2D eigenvalue weighted by molar-refractivity contribution is 0.160. The number of hydrogen-bond donors (Lipinski definition) is 1. The third-order valence-corrected chi connectivity index (χ3v) is 3.75. The zero-order chi connectivity index (χ0) is 13.9. The third-order valence-electron chi connectivity index (χ3n) is 3.75. The van der Waals surface area contributed by atoms with E-state index < -0.39 is 0 Å². The van der Waals surface area contributed by atoms with Gasteiger partial charge in [-0.05, 0) is 6.42 Å². The Morgan fingerprint density at radius 2 is 2.20 bits per heavy atom. The maximum Gasteiger partial charge on any atom is 0.276 e. The van der Waals surface area contributed by atoms with Gasteiger partial charge in [-0.15, -0.1) is 0 Å². The summed E-state index contributed by atoms with van der Waals surface area (Å²) in [7, 11) is 1.92. The molecule has 0 saturated carbocycles. The molecular weight excluding hydrogens is 256 g/mol. The second-order valence-corrected chi connectivity index (χ2v) is 5.06. The molecule has 3 rings (SSSR count). The fourth-order valence-corrected chi connectivity index (χ4v) is 2.64. The van der Waals surface area contributed by atoms with Crippen molar-refractivity contribution in [2.75, 3.05) is 26.2 Å². The van der Waals surface area contributed by atoms with Crippen LogP contribution in [0.1, 0.15) is 25.2 Å². The van der Waals surface area contributed by atoms with Crippen molar-refractivity contribution in [1.29, 1.82) is 0 Å². The number of aromatic nitrogens is 4. The van der Waals surface area contributed by atoms with Gasteiger partial charge in [-0.25, -0.2) is 4.98 Å². The highest BCUT2D eigenvalue weighted by molar-refractivity contribution is 5.45. The molecule has 2 aromatic rings. The van der Waals surface area contributed by atoms with Crippen molar-refractivity contribution in [3.63, 3.8) is 0 Å². The zero-order valence-corrected chi connectivity index (χ0v) is 11.9. The average molecular weight is 276 g/mol. The van der Waals surface area contributed by atoms with Crippen molar-refractivity contribution in [3.8, 4) is 11.6 Å². The first-order valence-electron chi connectivity index (χ1n) is 7.04. The molecule has 7 nitrogen and oxygen atoms in total. The van der Waals surface area contributed by atoms with Gasteiger partial charge in [-0.3, -0.25) is 4.90 Å². The van der Waals surface area contributed by atoms with Crippen molar-refractivity contribution in [3.05, 3.63) is 18.3 Å². The first-order chi connectivity index (χ1) is 9.79. The predicted molar refractivity (Wildman–Crippen MR) is 74.0 cm³/mol. The average Bonchev–Trinajstić information content (AvgIpc) is 3.10. The van der Waals surface area contributed by atoms with E-state index >= 15 is 0 Å². The first-order valence-corrected chi connectivity index (χ1v) is 7.04. The highest BCUT2D eigenvalue weighted by Crippen LogP contribution is 2.24. The maximum absolute atomic E-state index is 5.40. The van der Waals surface area contributed by atoms with E-state index in [4.69, 9.17) is 4.52 Å². The quantitative estimate of drug-likeness (QED) is 0.891. The van der Waals surface area contributed by atoms with Gasteiger partial charge in [0.15, 0.2) is 5.82 Å². The van der Waals surface area contributed by atoms with E-state index in [1.807, 2.05) is 11.6 Å². The zero-order valence-electron chi connectivity index (χ0n) is 11.9. The highest BCUT2D eigenvalue weighted by Gasteiger charge is 2.25. The number of hydrogen-bond acceptors (Lipinski definition) is 6. The number of piperazine rings is 1. The summed E-state index contributed by atoms with van der Waals surface area (Å²) in [4.78, 5) is 11.0. The standard InChI is InChI=1S/C13H20N6O/c1-3-10(19-6-4-14-5-7-19)12-16-13(20-17-12)11-8-15-9-18(11)2/h8-10,14H,3-7H2,1-2H3. The second-order valence-electron chi connectivity index (χ2n) is 5.06. The predicted octanol–water partition coefficient (Wildman–Crippen LogP) is 0.826. The lowest BCUT2D eigenvalue weighted by Crippen LogP contribution is -2.45. The summed E-state index contributed by atoms with van der Waals surface area (Å²) < 4.78 is 7.28. The van der Waals surface area contributed by atoms with Gasteiger partial charge in [0.2, 0.25) is 0 Å². The first kappa shape index (κ1) is 13.3. The third kappa shape index (κ3) is 2.46. The molecule has 1 aliphatic rings. The van der Waals surface area contributed by atoms with Crippen molar-refractivity contribution in [2.45, 2.75) is 19.4 Å². The highest BCUT2D eigenvalue weighted by atomic mass is 16.5. The van der Waals surface area contributed by atoms with Gasteiger partial charge in [0.1, 0.15) is 5.69 Å². The number of aryl methyl sites for hydroxylation is 1. The summed E-state index contributed by atoms with van der Waals surface area (Å²) in [5.41, 5.74) is 0.846. The minimum Gasteiger partial charge on any atom is -0.332 e. The van der Waals surface area contributed by atoms with Crippen LogP contribution in [0.5, 0.6) is 0 Å². The van der Waals surface area contributed by atoms with Crippen LogP contribution < -0.4 is 5.32 Å². The summed E-state index contributed by atoms with van der Waals surface area (Å²) in [5, 5.41) is 7.53. The molecule has 20 heavy (non-hydrogen) atoms. The van der Waals surface area contributed by atoms with Crippen LogP contribution in [0, 0.1) is 0 Å². The van der Waals surface area contributed by atoms with Crippen LogP contribution >= 0.6 is 0 Å². The molecule has 3 heterocycles. The van der Waals surface area contributed by atoms with Gasteiger partial charge in [-0.2, -0.15) is 4.98 Å². The van der Waals surface area contributed by atoms with Crippen LogP contribution in [-0.4, -0.2) is 50.8 Å². The molecule has 2 aromatic heterocycles. The number of rotatable bonds is 4. The van der Waals surface area contributed by atoms with Crippen LogP contribution in [0.15, 0.2) is 17.0 Å². The van der Waals surface area contributed by atoms with E-state index in [0.717, 1.165) is 44.1 Å². The Labute approximate surface area is 118 Å². The van der Waals surface area contributed by atoms with E-state index in [9.17, 15) is 0 Å². The van der Waals surface area contributed by atoms with Gasteiger partial charge in [0.05, 0.1) is 18.6 Å². The Bertz CT molecular complexity index is 557. The molecule has 1 unspecified atom stereocenters. The molecule has 0 aromatic carbocycles. The molecule has 108 valence electrons. The van der Waals surface area contributed by atoms with Crippen LogP contribution in [0.3, 0.4) is 0 Å². The van der Waals surface area contributed by atoms with Gasteiger partial charge < -0.3 is 14.4 Å². The van der Waals surface area contributed by atoms with E-state index in [1.54, 1.807) is 12.5 Å². The minimum atomic E-state index is 0.225. The minimum absolute atomic E-state index is 0.225. The Hall–Kier alpha value is -1.73. The van der Waals surface area contributed by atoms with Gasteiger partial charge >= 0.3 is 0 Å². The molecule has 1 fully saturated rings. The Morgan fingerprint density at radius 3 is 2.85 bits per heavy atom. The topological polar surface area (TPSA) is 72.0 Å². The second kappa shape index (κ2) is 5.72. The van der Waals surface area contributed by atoms with Gasteiger partial charge in [0, 0.05) is 33.2 Å². The molecular formula is C13H20N6O. The maximum atomic E-state index is 5.40. The van der Waals surface area contributed by atoms with Crippen molar-refractivity contribution in [1.82, 2.24) is 29.9 Å². The van der Waals surface area contributed by atoms with Crippen molar-refractivity contribution >= 4 is 0 Å². The molecule has 0 radical (unpaired) electrons. The van der Waals surface area contributed by atoms with E-state index in [2.05, 4.69) is 32.3 Å². The van der Waals surface area contributed by atoms with Gasteiger partial charge in [-0.1, -0.05) is 12.1 Å². The van der Waals surface area contributed by atoms with Crippen LogP contribution in [0.2, 0.25) is 0 Å². The Balaban J connectivity index is 1.82. The molecule has 0 spiro atoms. The molecule has 0 amide bonds. The number of nitrogens with zero attached hydrogens (tertiary/aromatic N) is 5. The number of nitrogens with one attached hydrogen (secondary N) is 1. The van der Waals surface area contributed by atoms with Crippen LogP contribution in [0.4, 0.5) is 0 Å². The van der Waals surface area contributed by atoms with Crippen molar-refractivity contribution in [2.24, 2.45) is 7.05 Å². The molecule has 7 heteroatoms. The molecule has 1 saturated heterocycles. The molecule has 0 bridgehead atoms. The van der Waals surface area contributed by atoms with Crippen molar-refractivity contribution < 1.29 is 4.52 Å². The normalized spacial score (nSPS) is 18.3. The summed E-state index contributed by atoms with van der Waals surface area (Å²) in [6, 6.07) is 0.225. The lowest BCUT2D eigenvalue weighted by Gasteiger charge is -2.32. The van der Waals surface area contributed by atoms with Crippen LogP contribution in [0.25, 0.3) is 11.6 Å². The molecule has 1 aliphatic heterocycles. The number of imidazole rings is 1. The van der Waals surface area contributed by atoms with Gasteiger partial charge in [0.25, 0.3) is 5.89 Å². The monoisotopic (exact) mass is 276 g/mol. The lowest BCUT2D eigenvalue weighted by atomic mass is 10.1. The summed E-state index contributed by atoms with van der Waals surface area (Å²) >= 11 is 0. The summed E-state index contributed by atoms with van der Waals surface area (Å²) in [6.45, 7) is 6.24. The Kier molecular flexibility index (Phi) is 3.79. The molecule has 1 atom stereocenters. The largest absolute Gasteiger partial charge is 0.332 e. The fraction of sp³-hybridized carbons (Fsp3) is 0.615. The summed E-state index contributed by atoms with van der Waals surface area (Å²) in [5.74, 6) is 1.30.